The Morgan fingerprint density at radius 2 is 2.23 bits per heavy atom. The lowest BCUT2D eigenvalue weighted by Gasteiger charge is -1.87. The summed E-state index contributed by atoms with van der Waals surface area (Å²) in [6.07, 6.45) is 0. The highest BCUT2D eigenvalue weighted by atomic mass is 32.1. The van der Waals surface area contributed by atoms with Crippen molar-refractivity contribution < 1.29 is 4.52 Å². The van der Waals surface area contributed by atoms with Gasteiger partial charge in [-0.1, -0.05) is 5.16 Å². The summed E-state index contributed by atoms with van der Waals surface area (Å²) >= 11 is 1.46. The Morgan fingerprint density at radius 3 is 2.69 bits per heavy atom. The molecule has 0 aromatic carbocycles. The molecule has 0 unspecified atom stereocenters. The zero-order valence-corrected chi connectivity index (χ0v) is 8.18. The maximum Gasteiger partial charge on any atom is 0.268 e. The Labute approximate surface area is 79.4 Å². The quantitative estimate of drug-likeness (QED) is 0.755. The smallest absolute Gasteiger partial charge is 0.268 e. The van der Waals surface area contributed by atoms with Gasteiger partial charge < -0.3 is 10.3 Å². The summed E-state index contributed by atoms with van der Waals surface area (Å²) in [4.78, 5) is 5.09. The van der Waals surface area contributed by atoms with Gasteiger partial charge in [0.2, 0.25) is 0 Å². The van der Waals surface area contributed by atoms with E-state index in [2.05, 4.69) is 10.1 Å². The number of aromatic nitrogens is 2. The zero-order valence-electron chi connectivity index (χ0n) is 7.37. The molecule has 2 aromatic heterocycles. The summed E-state index contributed by atoms with van der Waals surface area (Å²) in [5.74, 6) is 1.19. The van der Waals surface area contributed by atoms with Crippen LogP contribution in [-0.4, -0.2) is 10.1 Å². The molecule has 0 atom stereocenters. The van der Waals surface area contributed by atoms with Crippen molar-refractivity contribution in [3.63, 3.8) is 0 Å². The molecule has 2 rings (SSSR count). The van der Waals surface area contributed by atoms with E-state index in [1.807, 2.05) is 13.0 Å². The molecule has 0 radical (unpaired) electrons. The van der Waals surface area contributed by atoms with Crippen LogP contribution >= 0.6 is 11.3 Å². The van der Waals surface area contributed by atoms with E-state index in [-0.39, 0.29) is 0 Å². The zero-order chi connectivity index (χ0) is 9.42. The average molecular weight is 195 g/mol. The monoisotopic (exact) mass is 195 g/mol. The first kappa shape index (κ1) is 8.25. The summed E-state index contributed by atoms with van der Waals surface area (Å²) in [5, 5.41) is 4.49. The average Bonchev–Trinajstić information content (AvgIpc) is 2.58. The highest BCUT2D eigenvalue weighted by Gasteiger charge is 2.12. The summed E-state index contributed by atoms with van der Waals surface area (Å²) in [5.41, 5.74) is 6.73. The van der Waals surface area contributed by atoms with Gasteiger partial charge in [-0.3, -0.25) is 0 Å². The molecule has 0 saturated heterocycles. The van der Waals surface area contributed by atoms with Crippen LogP contribution in [0.15, 0.2) is 10.6 Å². The van der Waals surface area contributed by atoms with Crippen LogP contribution in [0.1, 0.15) is 11.4 Å². The lowest BCUT2D eigenvalue weighted by Crippen LogP contribution is -1.75. The van der Waals surface area contributed by atoms with Crippen molar-refractivity contribution in [3.8, 4) is 10.8 Å². The lowest BCUT2D eigenvalue weighted by molar-refractivity contribution is 0.426. The van der Waals surface area contributed by atoms with Crippen molar-refractivity contribution in [2.24, 2.45) is 0 Å². The minimum Gasteiger partial charge on any atom is -0.391 e. The van der Waals surface area contributed by atoms with Gasteiger partial charge in [0.25, 0.3) is 5.89 Å². The predicted octanol–water partition coefficient (Wildman–Crippen LogP) is 2.00. The Balaban J connectivity index is 2.51. The molecule has 0 fully saturated rings. The first-order valence-corrected chi connectivity index (χ1v) is 4.65. The van der Waals surface area contributed by atoms with E-state index < -0.39 is 0 Å². The molecule has 2 N–H and O–H groups in total. The van der Waals surface area contributed by atoms with Gasteiger partial charge in [0, 0.05) is 0 Å². The first-order valence-electron chi connectivity index (χ1n) is 3.83. The fourth-order valence-corrected chi connectivity index (χ4v) is 1.97. The van der Waals surface area contributed by atoms with E-state index in [1.54, 1.807) is 6.92 Å². The van der Waals surface area contributed by atoms with Gasteiger partial charge in [-0.2, -0.15) is 4.98 Å². The van der Waals surface area contributed by atoms with Crippen LogP contribution in [0.5, 0.6) is 0 Å². The second-order valence-electron chi connectivity index (χ2n) is 2.81. The van der Waals surface area contributed by atoms with Crippen LogP contribution in [0, 0.1) is 13.8 Å². The third kappa shape index (κ3) is 1.42. The number of nitrogens with two attached hydrogens (primary N) is 1. The minimum atomic E-state index is 0.553. The maximum atomic E-state index is 5.65. The summed E-state index contributed by atoms with van der Waals surface area (Å²) in [6.45, 7) is 3.76. The van der Waals surface area contributed by atoms with Crippen molar-refractivity contribution in [3.05, 3.63) is 17.5 Å². The van der Waals surface area contributed by atoms with Crippen LogP contribution < -0.4 is 5.73 Å². The highest BCUT2D eigenvalue weighted by Crippen LogP contribution is 2.32. The molecule has 2 heterocycles. The summed E-state index contributed by atoms with van der Waals surface area (Å²) in [7, 11) is 0. The van der Waals surface area contributed by atoms with Crippen molar-refractivity contribution >= 4 is 16.3 Å². The van der Waals surface area contributed by atoms with E-state index in [0.717, 1.165) is 15.4 Å². The van der Waals surface area contributed by atoms with Gasteiger partial charge >= 0.3 is 0 Å². The number of rotatable bonds is 1. The largest absolute Gasteiger partial charge is 0.391 e. The van der Waals surface area contributed by atoms with Gasteiger partial charge in [0.1, 0.15) is 0 Å². The Morgan fingerprint density at radius 1 is 1.46 bits per heavy atom. The molecule has 0 aliphatic rings. The topological polar surface area (TPSA) is 64.9 Å². The highest BCUT2D eigenvalue weighted by molar-refractivity contribution is 7.19. The fourth-order valence-electron chi connectivity index (χ4n) is 1.11. The number of hydrogen-bond donors (Lipinski definition) is 1. The van der Waals surface area contributed by atoms with Crippen molar-refractivity contribution in [1.29, 1.82) is 0 Å². The van der Waals surface area contributed by atoms with Crippen LogP contribution in [0.4, 0.5) is 5.00 Å². The van der Waals surface area contributed by atoms with Gasteiger partial charge in [-0.25, -0.2) is 0 Å². The molecule has 5 heteroatoms. The maximum absolute atomic E-state index is 5.65. The van der Waals surface area contributed by atoms with Crippen LogP contribution in [0.3, 0.4) is 0 Å². The van der Waals surface area contributed by atoms with Crippen molar-refractivity contribution in [2.45, 2.75) is 13.8 Å². The molecule has 4 nitrogen and oxygen atoms in total. The van der Waals surface area contributed by atoms with Gasteiger partial charge in [0.05, 0.1) is 9.88 Å². The molecule has 0 aliphatic carbocycles. The Kier molecular flexibility index (Phi) is 1.81. The summed E-state index contributed by atoms with van der Waals surface area (Å²) < 4.78 is 5.04. The second kappa shape index (κ2) is 2.85. The molecule has 0 amide bonds. The number of aryl methyl sites for hydroxylation is 2. The van der Waals surface area contributed by atoms with E-state index in [0.29, 0.717) is 11.7 Å². The fraction of sp³-hybridized carbons (Fsp3) is 0.250. The second-order valence-corrected chi connectivity index (χ2v) is 3.89. The first-order chi connectivity index (χ1) is 6.16. The number of nitrogen functional groups attached to an aromatic ring is 1. The molecule has 0 spiro atoms. The predicted molar refractivity (Wildman–Crippen MR) is 51.5 cm³/mol. The van der Waals surface area contributed by atoms with Gasteiger partial charge in [0.15, 0.2) is 5.82 Å². The SMILES string of the molecule is Cc1noc(-c2sc(N)cc2C)n1. The molecule has 0 saturated carbocycles. The van der Waals surface area contributed by atoms with Crippen molar-refractivity contribution in [2.75, 3.05) is 5.73 Å². The molecule has 2 aromatic rings. The van der Waals surface area contributed by atoms with Crippen LogP contribution in [0.25, 0.3) is 10.8 Å². The Hall–Kier alpha value is -1.36. The Bertz CT molecular complexity index is 432. The van der Waals surface area contributed by atoms with Crippen LogP contribution in [-0.2, 0) is 0 Å². The van der Waals surface area contributed by atoms with Crippen molar-refractivity contribution in [1.82, 2.24) is 10.1 Å². The van der Waals surface area contributed by atoms with E-state index in [4.69, 9.17) is 10.3 Å². The summed E-state index contributed by atoms with van der Waals surface area (Å²) in [6, 6.07) is 1.90. The molecule has 13 heavy (non-hydrogen) atoms. The minimum absolute atomic E-state index is 0.553. The van der Waals surface area contributed by atoms with Crippen LogP contribution in [0.2, 0.25) is 0 Å². The van der Waals surface area contributed by atoms with E-state index >= 15 is 0 Å². The molecule has 0 bridgehead atoms. The lowest BCUT2D eigenvalue weighted by atomic mass is 10.3. The van der Waals surface area contributed by atoms with Gasteiger partial charge in [-0.15, -0.1) is 11.3 Å². The molecule has 0 aliphatic heterocycles. The molecular formula is C8H9N3OS. The molecular weight excluding hydrogens is 186 g/mol. The molecule has 68 valence electrons. The standard InChI is InChI=1S/C8H9N3OS/c1-4-3-6(9)13-7(4)8-10-5(2)11-12-8/h3H,9H2,1-2H3. The third-order valence-electron chi connectivity index (χ3n) is 1.66. The third-order valence-corrected chi connectivity index (χ3v) is 2.71. The van der Waals surface area contributed by atoms with E-state index in [1.165, 1.54) is 11.3 Å². The number of nitrogens with zero attached hydrogens (tertiary/aromatic N) is 2. The number of thiophene rings is 1. The van der Waals surface area contributed by atoms with E-state index in [9.17, 15) is 0 Å². The number of hydrogen-bond acceptors (Lipinski definition) is 5. The normalized spacial score (nSPS) is 10.6. The van der Waals surface area contributed by atoms with Gasteiger partial charge in [-0.05, 0) is 25.5 Å². The number of anilines is 1.